The first-order valence-electron chi connectivity index (χ1n) is 6.18. The molecule has 1 aliphatic heterocycles. The Morgan fingerprint density at radius 1 is 1.00 bits per heavy atom. The third-order valence-electron chi connectivity index (χ3n) is 3.01. The van der Waals surface area contributed by atoms with Crippen LogP contribution in [-0.2, 0) is 4.74 Å². The lowest BCUT2D eigenvalue weighted by molar-refractivity contribution is -0.262. The van der Waals surface area contributed by atoms with Gasteiger partial charge in [0.25, 0.3) is 0 Å². The third kappa shape index (κ3) is 3.40. The van der Waals surface area contributed by atoms with E-state index in [0.29, 0.717) is 0 Å². The van der Waals surface area contributed by atoms with Crippen molar-refractivity contribution < 1.29 is 47.0 Å². The highest BCUT2D eigenvalue weighted by atomic mass is 16.6. The monoisotopic (exact) mass is 285 g/mol. The van der Waals surface area contributed by atoms with Crippen LogP contribution in [0.15, 0.2) is 0 Å². The molecular weight excluding hydrogens is 264 g/mol. The van der Waals surface area contributed by atoms with E-state index in [0.717, 1.165) is 0 Å². The maximum absolute atomic E-state index is 9.82. The molecule has 0 aliphatic carbocycles. The molecule has 8 atom stereocenters. The smallest absolute Gasteiger partial charge is 0.115 e. The Morgan fingerprint density at radius 2 is 1.58 bits per heavy atom. The van der Waals surface area contributed by atoms with Gasteiger partial charge in [-0.25, -0.2) is 0 Å². The van der Waals surface area contributed by atoms with E-state index in [2.05, 4.69) is 0 Å². The predicted molar refractivity (Wildman–Crippen MR) is 58.9 cm³/mol. The van der Waals surface area contributed by atoms with Gasteiger partial charge in [-0.3, -0.25) is 0 Å². The second-order valence-electron chi connectivity index (χ2n) is 4.35. The Bertz CT molecular complexity index is 317. The molecule has 1 heterocycles. The second-order valence-corrected chi connectivity index (χ2v) is 4.35. The Morgan fingerprint density at radius 3 is 2.05 bits per heavy atom. The molecule has 0 radical (unpaired) electrons. The van der Waals surface area contributed by atoms with Crippen LogP contribution in [0.5, 0.6) is 0 Å². The molecule has 1 unspecified atom stereocenters. The van der Waals surface area contributed by atoms with Crippen LogP contribution in [0.4, 0.5) is 0 Å². The molecule has 1 aliphatic rings. The molecule has 0 aromatic rings. The molecule has 0 bridgehead atoms. The molecule has 9 heteroatoms. The molecule has 0 aromatic carbocycles. The van der Waals surface area contributed by atoms with Crippen molar-refractivity contribution in [1.82, 2.24) is 0 Å². The Hall–Kier alpha value is -0.360. The van der Waals surface area contributed by atoms with Gasteiger partial charge in [-0.15, -0.1) is 0 Å². The number of ether oxygens (including phenoxy) is 1. The van der Waals surface area contributed by atoms with E-state index < -0.39 is 62.0 Å². The molecule has 9 nitrogen and oxygen atoms in total. The normalized spacial score (nSPS) is 45.4. The quantitative estimate of drug-likeness (QED) is 0.246. The van der Waals surface area contributed by atoms with Gasteiger partial charge in [0.2, 0.25) is 0 Å². The van der Waals surface area contributed by atoms with Crippen LogP contribution < -0.4 is 0 Å². The fourth-order valence-corrected chi connectivity index (χ4v) is 1.77. The van der Waals surface area contributed by atoms with Gasteiger partial charge < -0.3 is 45.6 Å². The summed E-state index contributed by atoms with van der Waals surface area (Å²) >= 11 is 0. The minimum Gasteiger partial charge on any atom is -0.394 e. The summed E-state index contributed by atoms with van der Waals surface area (Å²) in [6.07, 6.45) is -16.0. The van der Waals surface area contributed by atoms with Crippen molar-refractivity contribution in [3.63, 3.8) is 0 Å². The van der Waals surface area contributed by atoms with Crippen molar-refractivity contribution in [1.29, 1.82) is 0 Å². The zero-order valence-electron chi connectivity index (χ0n) is 10.9. The molecule has 114 valence electrons. The summed E-state index contributed by atoms with van der Waals surface area (Å²) in [4.78, 5) is 0. The third-order valence-corrected chi connectivity index (χ3v) is 3.01. The number of aliphatic hydroxyl groups is 8. The van der Waals surface area contributed by atoms with Gasteiger partial charge >= 0.3 is 0 Å². The second kappa shape index (κ2) is 6.88. The fourth-order valence-electron chi connectivity index (χ4n) is 1.77. The highest BCUT2D eigenvalue weighted by Gasteiger charge is 2.48. The predicted octanol–water partition coefficient (Wildman–Crippen LogP) is -5.10. The lowest BCUT2D eigenvalue weighted by atomic mass is 9.89. The van der Waals surface area contributed by atoms with E-state index in [4.69, 9.17) is 16.3 Å². The summed E-state index contributed by atoms with van der Waals surface area (Å²) in [5.74, 6) is 0. The van der Waals surface area contributed by atoms with Crippen molar-refractivity contribution in [2.45, 2.75) is 48.8 Å². The van der Waals surface area contributed by atoms with E-state index in [1.807, 2.05) is 0 Å². The Balaban J connectivity index is 2.99. The summed E-state index contributed by atoms with van der Waals surface area (Å²) in [6.45, 7) is -1.73. The maximum Gasteiger partial charge on any atom is 0.115 e. The fraction of sp³-hybridized carbons (Fsp3) is 1.00. The minimum atomic E-state index is -2.71. The van der Waals surface area contributed by atoms with Crippen LogP contribution in [0, 0.1) is 0 Å². The minimum absolute atomic E-state index is 0.809. The van der Waals surface area contributed by atoms with E-state index in [1.165, 1.54) is 0 Å². The number of hydrogen-bond acceptors (Lipinski definition) is 9. The van der Waals surface area contributed by atoms with Gasteiger partial charge in [-0.05, 0) is 0 Å². The summed E-state index contributed by atoms with van der Waals surface area (Å²) in [7, 11) is 0. The zero-order valence-corrected chi connectivity index (χ0v) is 9.94. The molecule has 0 aromatic heterocycles. The van der Waals surface area contributed by atoms with Crippen molar-refractivity contribution >= 4 is 0 Å². The number of aliphatic hydroxyl groups excluding tert-OH is 8. The van der Waals surface area contributed by atoms with Crippen molar-refractivity contribution in [2.75, 3.05) is 13.2 Å². The van der Waals surface area contributed by atoms with Crippen LogP contribution in [-0.4, -0.2) is 103 Å². The van der Waals surface area contributed by atoms with Gasteiger partial charge in [0.15, 0.2) is 0 Å². The van der Waals surface area contributed by atoms with Crippen LogP contribution in [0.2, 0.25) is 0 Å². The van der Waals surface area contributed by atoms with Crippen LogP contribution in [0.1, 0.15) is 1.37 Å². The standard InChI is InChI=1S/C10H20O9/c11-1-3(13)5(14)8(17)10-9(18)7(16)6(15)4(2-12)19-10/h3-18H,1-2H2/t3-,4-,5-,6-,7+,8?,9+,10+/m1/s1/i10D. The number of rotatable bonds is 5. The lowest BCUT2D eigenvalue weighted by Gasteiger charge is -2.43. The average molecular weight is 285 g/mol. The molecule has 1 rings (SSSR count). The summed E-state index contributed by atoms with van der Waals surface area (Å²) in [6, 6.07) is 0. The van der Waals surface area contributed by atoms with E-state index in [-0.39, 0.29) is 0 Å². The van der Waals surface area contributed by atoms with Gasteiger partial charge in [-0.1, -0.05) is 0 Å². The van der Waals surface area contributed by atoms with E-state index in [1.54, 1.807) is 0 Å². The number of hydrogen-bond donors (Lipinski definition) is 8. The Labute approximate surface area is 110 Å². The van der Waals surface area contributed by atoms with Gasteiger partial charge in [-0.2, -0.15) is 0 Å². The van der Waals surface area contributed by atoms with Crippen LogP contribution in [0.25, 0.3) is 0 Å². The van der Waals surface area contributed by atoms with Crippen LogP contribution >= 0.6 is 0 Å². The summed E-state index contributed by atoms with van der Waals surface area (Å²) < 4.78 is 12.7. The zero-order chi connectivity index (χ0) is 15.7. The highest BCUT2D eigenvalue weighted by molar-refractivity contribution is 4.97. The summed E-state index contributed by atoms with van der Waals surface area (Å²) in [5, 5.41) is 75.1. The van der Waals surface area contributed by atoms with E-state index in [9.17, 15) is 30.6 Å². The molecule has 0 saturated carbocycles. The molecule has 19 heavy (non-hydrogen) atoms. The first kappa shape index (κ1) is 15.0. The topological polar surface area (TPSA) is 171 Å². The molecule has 1 fully saturated rings. The first-order chi connectivity index (χ1) is 9.20. The molecule has 0 spiro atoms. The van der Waals surface area contributed by atoms with Gasteiger partial charge in [0, 0.05) is 0 Å². The molecule has 0 amide bonds. The summed E-state index contributed by atoms with van der Waals surface area (Å²) in [5.41, 5.74) is 0. The largest absolute Gasteiger partial charge is 0.394 e. The van der Waals surface area contributed by atoms with Crippen LogP contribution in [0.3, 0.4) is 0 Å². The van der Waals surface area contributed by atoms with Gasteiger partial charge in [0.1, 0.15) is 48.8 Å². The lowest BCUT2D eigenvalue weighted by Crippen LogP contribution is -2.64. The maximum atomic E-state index is 9.82. The van der Waals surface area contributed by atoms with Crippen molar-refractivity contribution in [3.05, 3.63) is 0 Å². The Kier molecular flexibility index (Phi) is 5.45. The van der Waals surface area contributed by atoms with Crippen molar-refractivity contribution in [3.8, 4) is 0 Å². The van der Waals surface area contributed by atoms with Crippen molar-refractivity contribution in [2.24, 2.45) is 0 Å². The SMILES string of the molecule is [2H][C@@]1(C(O)[C@H](O)[C@H](O)CO)O[C@H](CO)[C@@H](O)[C@H](O)[C@@H]1O. The molecule has 8 N–H and O–H groups in total. The van der Waals surface area contributed by atoms with Gasteiger partial charge in [0.05, 0.1) is 14.6 Å². The average Bonchev–Trinajstić information content (AvgIpc) is 2.46. The highest BCUT2D eigenvalue weighted by Crippen LogP contribution is 2.25. The molecule has 1 saturated heterocycles. The first-order valence-corrected chi connectivity index (χ1v) is 5.68. The molecular formula is C10H20O9. The van der Waals surface area contributed by atoms with E-state index >= 15 is 0 Å².